The van der Waals surface area contributed by atoms with Gasteiger partial charge in [0, 0.05) is 6.21 Å². The number of aliphatic imine (C=N–C) groups is 1. The van der Waals surface area contributed by atoms with E-state index in [0.717, 1.165) is 0 Å². The second-order valence-electron chi connectivity index (χ2n) is 3.73. The molecule has 0 saturated carbocycles. The maximum absolute atomic E-state index is 11.6. The number of imidazole rings is 1. The van der Waals surface area contributed by atoms with Gasteiger partial charge in [0.05, 0.1) is 6.33 Å². The first-order valence-electron chi connectivity index (χ1n) is 5.39. The molecular formula is C10H7N7O2S. The minimum Gasteiger partial charge on any atom is -0.494 e. The van der Waals surface area contributed by atoms with Crippen molar-refractivity contribution in [3.8, 4) is 5.88 Å². The van der Waals surface area contributed by atoms with Crippen LogP contribution >= 0.6 is 12.2 Å². The van der Waals surface area contributed by atoms with Crippen LogP contribution in [0, 0.1) is 4.77 Å². The zero-order valence-corrected chi connectivity index (χ0v) is 10.6. The summed E-state index contributed by atoms with van der Waals surface area (Å²) in [5.41, 5.74) is 0.385. The maximum atomic E-state index is 11.6. The van der Waals surface area contributed by atoms with E-state index >= 15 is 0 Å². The first kappa shape index (κ1) is 12.2. The van der Waals surface area contributed by atoms with Crippen LogP contribution in [-0.2, 0) is 0 Å². The summed E-state index contributed by atoms with van der Waals surface area (Å²) in [4.78, 5) is 35.2. The standard InChI is InChI=1S/C10H7N7O2S/c18-8-4(9(19)17-10(20)16-8)1-11-6-5-7(13-2-12-5)15-3-14-6/h1-3H,(H,12,13,14,15)(H3,16,17,18,19,20). The van der Waals surface area contributed by atoms with Crippen LogP contribution in [0.25, 0.3) is 11.2 Å². The van der Waals surface area contributed by atoms with E-state index in [2.05, 4.69) is 34.9 Å². The van der Waals surface area contributed by atoms with E-state index in [1.807, 2.05) is 0 Å². The van der Waals surface area contributed by atoms with Crippen molar-refractivity contribution in [1.29, 1.82) is 0 Å². The third-order valence-corrected chi connectivity index (χ3v) is 2.68. The Morgan fingerprint density at radius 3 is 2.95 bits per heavy atom. The quantitative estimate of drug-likeness (QED) is 0.402. The summed E-state index contributed by atoms with van der Waals surface area (Å²) >= 11 is 4.73. The molecule has 0 aliphatic heterocycles. The van der Waals surface area contributed by atoms with Crippen LogP contribution in [0.15, 0.2) is 22.4 Å². The molecule has 0 amide bonds. The Balaban J connectivity index is 2.09. The second-order valence-corrected chi connectivity index (χ2v) is 4.14. The van der Waals surface area contributed by atoms with Crippen molar-refractivity contribution in [2.45, 2.75) is 0 Å². The van der Waals surface area contributed by atoms with E-state index < -0.39 is 5.56 Å². The van der Waals surface area contributed by atoms with Gasteiger partial charge < -0.3 is 15.1 Å². The molecule has 0 unspecified atom stereocenters. The largest absolute Gasteiger partial charge is 0.494 e. The molecule has 0 spiro atoms. The van der Waals surface area contributed by atoms with Crippen LogP contribution in [0.3, 0.4) is 0 Å². The number of hydrogen-bond donors (Lipinski definition) is 4. The van der Waals surface area contributed by atoms with Crippen LogP contribution in [0.4, 0.5) is 5.82 Å². The van der Waals surface area contributed by atoms with Gasteiger partial charge in [-0.2, -0.15) is 0 Å². The molecule has 20 heavy (non-hydrogen) atoms. The number of H-pyrrole nitrogens is 3. The zero-order valence-electron chi connectivity index (χ0n) is 9.78. The monoisotopic (exact) mass is 289 g/mol. The smallest absolute Gasteiger partial charge is 0.264 e. The van der Waals surface area contributed by atoms with E-state index in [4.69, 9.17) is 12.2 Å². The van der Waals surface area contributed by atoms with Crippen molar-refractivity contribution in [3.05, 3.63) is 33.3 Å². The molecule has 3 aromatic heterocycles. The summed E-state index contributed by atoms with van der Waals surface area (Å²) in [6, 6.07) is 0. The number of fused-ring (bicyclic) bond motifs is 1. The van der Waals surface area contributed by atoms with Crippen LogP contribution < -0.4 is 5.56 Å². The van der Waals surface area contributed by atoms with Gasteiger partial charge in [-0.1, -0.05) is 0 Å². The number of hydrogen-bond acceptors (Lipinski definition) is 7. The fourth-order valence-electron chi connectivity index (χ4n) is 1.58. The predicted molar refractivity (Wildman–Crippen MR) is 72.8 cm³/mol. The highest BCUT2D eigenvalue weighted by atomic mass is 32.1. The Labute approximate surface area is 115 Å². The van der Waals surface area contributed by atoms with Gasteiger partial charge in [-0.25, -0.2) is 19.9 Å². The topological polar surface area (TPSA) is 136 Å². The van der Waals surface area contributed by atoms with E-state index in [-0.39, 0.29) is 16.2 Å². The van der Waals surface area contributed by atoms with Gasteiger partial charge in [0.15, 0.2) is 16.2 Å². The van der Waals surface area contributed by atoms with Gasteiger partial charge in [-0.3, -0.25) is 9.78 Å². The summed E-state index contributed by atoms with van der Waals surface area (Å²) < 4.78 is 0.0302. The van der Waals surface area contributed by atoms with Crippen LogP contribution in [0.1, 0.15) is 5.56 Å². The molecule has 0 aliphatic carbocycles. The first-order chi connectivity index (χ1) is 9.65. The number of aromatic amines is 3. The molecule has 10 heteroatoms. The van der Waals surface area contributed by atoms with Crippen LogP contribution in [0.2, 0.25) is 0 Å². The number of aromatic hydroxyl groups is 1. The molecule has 100 valence electrons. The summed E-state index contributed by atoms with van der Waals surface area (Å²) in [6.45, 7) is 0. The normalized spacial score (nSPS) is 11.4. The lowest BCUT2D eigenvalue weighted by atomic mass is 10.3. The average molecular weight is 289 g/mol. The number of aromatic nitrogens is 6. The van der Waals surface area contributed by atoms with Crippen LogP contribution in [0.5, 0.6) is 5.88 Å². The molecule has 4 N–H and O–H groups in total. The Morgan fingerprint density at radius 2 is 2.15 bits per heavy atom. The van der Waals surface area contributed by atoms with E-state index in [0.29, 0.717) is 17.0 Å². The third kappa shape index (κ3) is 2.07. The predicted octanol–water partition coefficient (Wildman–Crippen LogP) is 0.555. The Kier molecular flexibility index (Phi) is 2.84. The highest BCUT2D eigenvalue weighted by Crippen LogP contribution is 2.17. The molecule has 0 fully saturated rings. The van der Waals surface area contributed by atoms with E-state index in [1.165, 1.54) is 18.9 Å². The lowest BCUT2D eigenvalue weighted by Gasteiger charge is -1.97. The van der Waals surface area contributed by atoms with Crippen molar-refractivity contribution in [3.63, 3.8) is 0 Å². The molecular weight excluding hydrogens is 282 g/mol. The first-order valence-corrected chi connectivity index (χ1v) is 5.79. The molecule has 0 saturated heterocycles. The van der Waals surface area contributed by atoms with Gasteiger partial charge in [0.2, 0.25) is 5.88 Å². The molecule has 3 rings (SSSR count). The highest BCUT2D eigenvalue weighted by molar-refractivity contribution is 7.71. The van der Waals surface area contributed by atoms with E-state index in [1.54, 1.807) is 0 Å². The van der Waals surface area contributed by atoms with Crippen molar-refractivity contribution in [2.75, 3.05) is 0 Å². The van der Waals surface area contributed by atoms with Crippen molar-refractivity contribution >= 4 is 35.4 Å². The summed E-state index contributed by atoms with van der Waals surface area (Å²) in [6.07, 6.45) is 3.95. The molecule has 3 heterocycles. The molecule has 0 aliphatic rings. The van der Waals surface area contributed by atoms with Gasteiger partial charge >= 0.3 is 0 Å². The van der Waals surface area contributed by atoms with E-state index in [9.17, 15) is 9.90 Å². The lowest BCUT2D eigenvalue weighted by molar-refractivity contribution is 0.449. The van der Waals surface area contributed by atoms with Crippen molar-refractivity contribution < 1.29 is 5.11 Å². The minimum absolute atomic E-state index is 0.0302. The Bertz CT molecular complexity index is 923. The highest BCUT2D eigenvalue weighted by Gasteiger charge is 2.07. The second kappa shape index (κ2) is 4.66. The molecule has 0 atom stereocenters. The van der Waals surface area contributed by atoms with Gasteiger partial charge in [-0.15, -0.1) is 0 Å². The Morgan fingerprint density at radius 1 is 1.30 bits per heavy atom. The number of nitrogens with one attached hydrogen (secondary N) is 3. The summed E-state index contributed by atoms with van der Waals surface area (Å²) in [5.74, 6) is -0.0637. The fraction of sp³-hybridized carbons (Fsp3) is 0. The van der Waals surface area contributed by atoms with Gasteiger partial charge in [0.1, 0.15) is 17.4 Å². The number of nitrogens with zero attached hydrogens (tertiary/aromatic N) is 4. The van der Waals surface area contributed by atoms with Gasteiger partial charge in [-0.05, 0) is 12.2 Å². The molecule has 0 aromatic carbocycles. The SMILES string of the molecule is O=c1[nH]c(=S)[nH]c(O)c1C=Nc1ncnc2nc[nH]c12. The maximum Gasteiger partial charge on any atom is 0.264 e. The molecule has 0 radical (unpaired) electrons. The van der Waals surface area contributed by atoms with Crippen molar-refractivity contribution in [2.24, 2.45) is 4.99 Å². The average Bonchev–Trinajstić information content (AvgIpc) is 2.86. The zero-order chi connectivity index (χ0) is 14.1. The Hall–Kier alpha value is -2.88. The summed E-state index contributed by atoms with van der Waals surface area (Å²) in [5, 5.41) is 9.64. The molecule has 9 nitrogen and oxygen atoms in total. The van der Waals surface area contributed by atoms with Gasteiger partial charge in [0.25, 0.3) is 5.56 Å². The molecule has 3 aromatic rings. The summed E-state index contributed by atoms with van der Waals surface area (Å²) in [7, 11) is 0. The lowest BCUT2D eigenvalue weighted by Crippen LogP contribution is -2.13. The minimum atomic E-state index is -0.551. The van der Waals surface area contributed by atoms with Crippen molar-refractivity contribution in [1.82, 2.24) is 29.9 Å². The van der Waals surface area contributed by atoms with Crippen LogP contribution in [-0.4, -0.2) is 41.2 Å². The molecule has 0 bridgehead atoms. The fourth-order valence-corrected chi connectivity index (χ4v) is 1.77. The third-order valence-electron chi connectivity index (χ3n) is 2.48. The number of rotatable bonds is 2.